The molecule has 4 heteroatoms. The molecule has 0 radical (unpaired) electrons. The minimum atomic E-state index is -0.404. The molecule has 0 heterocycles. The van der Waals surface area contributed by atoms with Crippen LogP contribution in [0.5, 0.6) is 5.75 Å². The van der Waals surface area contributed by atoms with Crippen LogP contribution in [0.15, 0.2) is 18.2 Å². The number of hydrogen-bond donors (Lipinski definition) is 3. The minimum Gasteiger partial charge on any atom is -0.492 e. The summed E-state index contributed by atoms with van der Waals surface area (Å²) in [6, 6.07) is 5.57. The lowest BCUT2D eigenvalue weighted by Crippen LogP contribution is -2.35. The summed E-state index contributed by atoms with van der Waals surface area (Å²) in [7, 11) is 0. The molecule has 0 aliphatic heterocycles. The second kappa shape index (κ2) is 5.07. The first-order valence-corrected chi connectivity index (χ1v) is 5.40. The van der Waals surface area contributed by atoms with Crippen molar-refractivity contribution in [2.45, 2.75) is 26.3 Å². The van der Waals surface area contributed by atoms with Crippen LogP contribution >= 0.6 is 0 Å². The van der Waals surface area contributed by atoms with Crippen LogP contribution in [0.1, 0.15) is 20.8 Å². The van der Waals surface area contributed by atoms with Gasteiger partial charge in [0.2, 0.25) is 0 Å². The van der Waals surface area contributed by atoms with E-state index in [1.165, 1.54) is 0 Å². The van der Waals surface area contributed by atoms with Gasteiger partial charge in [0.15, 0.2) is 0 Å². The normalized spacial score (nSPS) is 11.2. The maximum Gasteiger partial charge on any atom is 0.144 e. The Morgan fingerprint density at radius 2 is 2.12 bits per heavy atom. The number of para-hydroxylation sites is 1. The van der Waals surface area contributed by atoms with E-state index in [9.17, 15) is 5.11 Å². The van der Waals surface area contributed by atoms with Crippen molar-refractivity contribution in [2.75, 3.05) is 24.3 Å². The standard InChI is InChI=1S/C12H20N2O2/c1-4-16-10-7-5-6-9(11(10)13)14-12(2,3)8-15/h5-7,14-15H,4,8,13H2,1-3H3. The third-order valence-corrected chi connectivity index (χ3v) is 2.23. The van der Waals surface area contributed by atoms with E-state index in [1.807, 2.05) is 39.0 Å². The second-order valence-electron chi connectivity index (χ2n) is 4.32. The van der Waals surface area contributed by atoms with Crippen molar-refractivity contribution in [3.63, 3.8) is 0 Å². The first kappa shape index (κ1) is 12.6. The van der Waals surface area contributed by atoms with Gasteiger partial charge in [-0.3, -0.25) is 0 Å². The Hall–Kier alpha value is -1.42. The lowest BCUT2D eigenvalue weighted by atomic mass is 10.1. The van der Waals surface area contributed by atoms with Crippen LogP contribution in [0.3, 0.4) is 0 Å². The molecule has 16 heavy (non-hydrogen) atoms. The summed E-state index contributed by atoms with van der Waals surface area (Å²) >= 11 is 0. The highest BCUT2D eigenvalue weighted by Crippen LogP contribution is 2.31. The molecule has 1 rings (SSSR count). The van der Waals surface area contributed by atoms with Crippen LogP contribution in [0.25, 0.3) is 0 Å². The second-order valence-corrected chi connectivity index (χ2v) is 4.32. The fourth-order valence-corrected chi connectivity index (χ4v) is 1.34. The summed E-state index contributed by atoms with van der Waals surface area (Å²) < 4.78 is 5.40. The van der Waals surface area contributed by atoms with Crippen molar-refractivity contribution in [2.24, 2.45) is 0 Å². The molecule has 1 aromatic carbocycles. The molecule has 0 saturated carbocycles. The number of anilines is 2. The van der Waals surface area contributed by atoms with E-state index in [0.717, 1.165) is 5.69 Å². The van der Waals surface area contributed by atoms with E-state index in [0.29, 0.717) is 18.0 Å². The molecule has 0 spiro atoms. The Kier molecular flexibility index (Phi) is 4.01. The van der Waals surface area contributed by atoms with Crippen molar-refractivity contribution in [1.82, 2.24) is 0 Å². The number of hydrogen-bond acceptors (Lipinski definition) is 4. The maximum absolute atomic E-state index is 9.18. The van der Waals surface area contributed by atoms with Crippen LogP contribution in [0, 0.1) is 0 Å². The molecule has 0 saturated heterocycles. The van der Waals surface area contributed by atoms with Crippen LogP contribution in [-0.2, 0) is 0 Å². The van der Waals surface area contributed by atoms with Gasteiger partial charge in [0, 0.05) is 0 Å². The van der Waals surface area contributed by atoms with Crippen molar-refractivity contribution in [1.29, 1.82) is 0 Å². The number of rotatable bonds is 5. The minimum absolute atomic E-state index is 0.0330. The molecule has 0 fully saturated rings. The SMILES string of the molecule is CCOc1cccc(NC(C)(C)CO)c1N. The molecule has 90 valence electrons. The zero-order valence-electron chi connectivity index (χ0n) is 10.1. The van der Waals surface area contributed by atoms with Gasteiger partial charge in [-0.25, -0.2) is 0 Å². The van der Waals surface area contributed by atoms with Gasteiger partial charge in [0.25, 0.3) is 0 Å². The average Bonchev–Trinajstić information content (AvgIpc) is 2.24. The monoisotopic (exact) mass is 224 g/mol. The smallest absolute Gasteiger partial charge is 0.144 e. The lowest BCUT2D eigenvalue weighted by Gasteiger charge is -2.26. The highest BCUT2D eigenvalue weighted by molar-refractivity contribution is 5.73. The summed E-state index contributed by atoms with van der Waals surface area (Å²) in [5.74, 6) is 0.668. The van der Waals surface area contributed by atoms with Gasteiger partial charge in [-0.2, -0.15) is 0 Å². The fourth-order valence-electron chi connectivity index (χ4n) is 1.34. The van der Waals surface area contributed by atoms with E-state index in [1.54, 1.807) is 0 Å². The van der Waals surface area contributed by atoms with Crippen molar-refractivity contribution < 1.29 is 9.84 Å². The summed E-state index contributed by atoms with van der Waals surface area (Å²) in [6.07, 6.45) is 0. The summed E-state index contributed by atoms with van der Waals surface area (Å²) in [6.45, 7) is 6.33. The highest BCUT2D eigenvalue weighted by atomic mass is 16.5. The van der Waals surface area contributed by atoms with Crippen LogP contribution < -0.4 is 15.8 Å². The maximum atomic E-state index is 9.18. The molecule has 0 aromatic heterocycles. The quantitative estimate of drug-likeness (QED) is 0.668. The summed E-state index contributed by atoms with van der Waals surface area (Å²) in [5, 5.41) is 12.4. The number of nitrogens with two attached hydrogens (primary N) is 1. The van der Waals surface area contributed by atoms with Gasteiger partial charge in [0.05, 0.1) is 30.1 Å². The average molecular weight is 224 g/mol. The molecule has 0 unspecified atom stereocenters. The third-order valence-electron chi connectivity index (χ3n) is 2.23. The van der Waals surface area contributed by atoms with Crippen molar-refractivity contribution in [3.8, 4) is 5.75 Å². The van der Waals surface area contributed by atoms with E-state index < -0.39 is 5.54 Å². The summed E-state index contributed by atoms with van der Waals surface area (Å²) in [4.78, 5) is 0. The zero-order chi connectivity index (χ0) is 12.2. The topological polar surface area (TPSA) is 67.5 Å². The number of aliphatic hydroxyl groups excluding tert-OH is 1. The first-order valence-electron chi connectivity index (χ1n) is 5.40. The number of nitrogen functional groups attached to an aromatic ring is 1. The van der Waals surface area contributed by atoms with Crippen LogP contribution in [-0.4, -0.2) is 23.9 Å². The molecule has 0 bridgehead atoms. The Balaban J connectivity index is 2.93. The van der Waals surface area contributed by atoms with E-state index in [4.69, 9.17) is 10.5 Å². The number of aliphatic hydroxyl groups is 1. The van der Waals surface area contributed by atoms with Crippen LogP contribution in [0.4, 0.5) is 11.4 Å². The van der Waals surface area contributed by atoms with Gasteiger partial charge in [-0.1, -0.05) is 6.07 Å². The van der Waals surface area contributed by atoms with Gasteiger partial charge >= 0.3 is 0 Å². The van der Waals surface area contributed by atoms with Crippen molar-refractivity contribution in [3.05, 3.63) is 18.2 Å². The van der Waals surface area contributed by atoms with Gasteiger partial charge in [-0.05, 0) is 32.9 Å². The van der Waals surface area contributed by atoms with Gasteiger partial charge in [-0.15, -0.1) is 0 Å². The Morgan fingerprint density at radius 3 is 2.69 bits per heavy atom. The van der Waals surface area contributed by atoms with E-state index in [-0.39, 0.29) is 6.61 Å². The Morgan fingerprint density at radius 1 is 1.44 bits per heavy atom. The molecule has 4 nitrogen and oxygen atoms in total. The number of nitrogens with one attached hydrogen (secondary N) is 1. The largest absolute Gasteiger partial charge is 0.492 e. The third kappa shape index (κ3) is 3.03. The molecule has 4 N–H and O–H groups in total. The molecular formula is C12H20N2O2. The Bertz CT molecular complexity index is 351. The Labute approximate surface area is 96.4 Å². The molecule has 0 atom stereocenters. The lowest BCUT2D eigenvalue weighted by molar-refractivity contribution is 0.234. The van der Waals surface area contributed by atoms with Crippen LogP contribution in [0.2, 0.25) is 0 Å². The predicted molar refractivity (Wildman–Crippen MR) is 66.8 cm³/mol. The van der Waals surface area contributed by atoms with E-state index >= 15 is 0 Å². The number of benzene rings is 1. The molecule has 1 aromatic rings. The van der Waals surface area contributed by atoms with Gasteiger partial charge in [0.1, 0.15) is 5.75 Å². The van der Waals surface area contributed by atoms with Gasteiger partial charge < -0.3 is 20.9 Å². The number of ether oxygens (including phenoxy) is 1. The molecular weight excluding hydrogens is 204 g/mol. The van der Waals surface area contributed by atoms with Crippen molar-refractivity contribution >= 4 is 11.4 Å². The summed E-state index contributed by atoms with van der Waals surface area (Å²) in [5.41, 5.74) is 6.92. The van der Waals surface area contributed by atoms with E-state index in [2.05, 4.69) is 5.32 Å². The zero-order valence-corrected chi connectivity index (χ0v) is 10.1. The fraction of sp³-hybridized carbons (Fsp3) is 0.500. The highest BCUT2D eigenvalue weighted by Gasteiger charge is 2.17. The predicted octanol–water partition coefficient (Wildman–Crippen LogP) is 1.85. The molecule has 0 amide bonds. The molecule has 0 aliphatic carbocycles. The molecule has 0 aliphatic rings. The first-order chi connectivity index (χ1) is 7.50.